The van der Waals surface area contributed by atoms with Crippen LogP contribution in [0.2, 0.25) is 0 Å². The summed E-state index contributed by atoms with van der Waals surface area (Å²) >= 11 is 1.94. The van der Waals surface area contributed by atoms with Crippen LogP contribution in [0.4, 0.5) is 4.39 Å². The number of halogens is 1. The van der Waals surface area contributed by atoms with E-state index >= 15 is 0 Å². The van der Waals surface area contributed by atoms with E-state index in [0.717, 1.165) is 24.4 Å². The molecule has 1 aromatic carbocycles. The molecule has 1 atom stereocenters. The Morgan fingerprint density at radius 1 is 1.20 bits per heavy atom. The highest BCUT2D eigenvalue weighted by atomic mass is 32.2. The molecular weight excluding hydrogens is 335 g/mol. The predicted octanol–water partition coefficient (Wildman–Crippen LogP) is 3.88. The van der Waals surface area contributed by atoms with E-state index in [4.69, 9.17) is 4.74 Å². The molecule has 0 aliphatic carbocycles. The molecule has 140 valence electrons. The molecule has 0 amide bonds. The zero-order chi connectivity index (χ0) is 17.7. The molecule has 0 N–H and O–H groups in total. The molecule has 3 rings (SSSR count). The first-order valence-electron chi connectivity index (χ1n) is 9.40. The molecule has 2 aliphatic rings. The standard InChI is InChI=1S/C20H31FN2OS/c1-24-18-5-6-19(21)17(13-18)14-23-9-3-7-20(16-23)8-11-22(15-20)10-4-12-25-2/h5-6,13H,3-4,7-12,14-16H2,1-2H3. The predicted molar refractivity (Wildman–Crippen MR) is 104 cm³/mol. The van der Waals surface area contributed by atoms with Crippen molar-refractivity contribution in [3.8, 4) is 5.75 Å². The van der Waals surface area contributed by atoms with Crippen molar-refractivity contribution >= 4 is 11.8 Å². The second-order valence-electron chi connectivity index (χ2n) is 7.64. The second kappa shape index (κ2) is 8.74. The fourth-order valence-electron chi connectivity index (χ4n) is 4.47. The van der Waals surface area contributed by atoms with Crippen LogP contribution in [0.5, 0.6) is 5.75 Å². The number of benzene rings is 1. The van der Waals surface area contributed by atoms with E-state index in [2.05, 4.69) is 16.1 Å². The quantitative estimate of drug-likeness (QED) is 0.680. The number of thioether (sulfide) groups is 1. The number of hydrogen-bond acceptors (Lipinski definition) is 4. The van der Waals surface area contributed by atoms with Crippen LogP contribution < -0.4 is 4.74 Å². The molecule has 2 heterocycles. The molecule has 25 heavy (non-hydrogen) atoms. The van der Waals surface area contributed by atoms with Gasteiger partial charge in [-0.15, -0.1) is 0 Å². The first kappa shape index (κ1) is 19.0. The van der Waals surface area contributed by atoms with Gasteiger partial charge in [0.2, 0.25) is 0 Å². The highest BCUT2D eigenvalue weighted by molar-refractivity contribution is 7.98. The van der Waals surface area contributed by atoms with Gasteiger partial charge in [-0.3, -0.25) is 4.90 Å². The van der Waals surface area contributed by atoms with Gasteiger partial charge in [-0.1, -0.05) is 0 Å². The highest BCUT2D eigenvalue weighted by Gasteiger charge is 2.41. The van der Waals surface area contributed by atoms with E-state index in [1.54, 1.807) is 13.2 Å². The molecule has 0 saturated carbocycles. The third-order valence-corrected chi connectivity index (χ3v) is 6.42. The maximum Gasteiger partial charge on any atom is 0.127 e. The second-order valence-corrected chi connectivity index (χ2v) is 8.63. The third kappa shape index (κ3) is 4.89. The Balaban J connectivity index is 1.58. The van der Waals surface area contributed by atoms with Crippen LogP contribution >= 0.6 is 11.8 Å². The van der Waals surface area contributed by atoms with Crippen LogP contribution in [0.1, 0.15) is 31.2 Å². The summed E-state index contributed by atoms with van der Waals surface area (Å²) in [7, 11) is 1.64. The Morgan fingerprint density at radius 3 is 2.84 bits per heavy atom. The van der Waals surface area contributed by atoms with Crippen molar-refractivity contribution in [2.75, 3.05) is 51.8 Å². The van der Waals surface area contributed by atoms with Crippen molar-refractivity contribution in [2.45, 2.75) is 32.2 Å². The molecule has 3 nitrogen and oxygen atoms in total. The van der Waals surface area contributed by atoms with Gasteiger partial charge in [-0.05, 0) is 80.9 Å². The SMILES string of the molecule is COc1ccc(F)c(CN2CCCC3(CCN(CCCSC)C3)C2)c1. The number of ether oxygens (including phenoxy) is 1. The van der Waals surface area contributed by atoms with Crippen molar-refractivity contribution < 1.29 is 9.13 Å². The molecule has 0 bridgehead atoms. The third-order valence-electron chi connectivity index (χ3n) is 5.73. The van der Waals surface area contributed by atoms with Gasteiger partial charge in [0, 0.05) is 25.2 Å². The first-order valence-corrected chi connectivity index (χ1v) is 10.8. The molecule has 2 aliphatic heterocycles. The topological polar surface area (TPSA) is 15.7 Å². The number of hydrogen-bond donors (Lipinski definition) is 0. The van der Waals surface area contributed by atoms with Gasteiger partial charge in [0.25, 0.3) is 0 Å². The average Bonchev–Trinajstić information content (AvgIpc) is 2.99. The van der Waals surface area contributed by atoms with E-state index in [0.29, 0.717) is 12.0 Å². The van der Waals surface area contributed by atoms with Gasteiger partial charge in [-0.2, -0.15) is 11.8 Å². The van der Waals surface area contributed by atoms with Crippen LogP contribution in [0.3, 0.4) is 0 Å². The minimum Gasteiger partial charge on any atom is -0.497 e. The summed E-state index contributed by atoms with van der Waals surface area (Å²) in [6, 6.07) is 5.07. The smallest absolute Gasteiger partial charge is 0.127 e. The minimum absolute atomic E-state index is 0.120. The molecule has 0 aromatic heterocycles. The van der Waals surface area contributed by atoms with Gasteiger partial charge < -0.3 is 9.64 Å². The summed E-state index contributed by atoms with van der Waals surface area (Å²) in [5, 5.41) is 0. The summed E-state index contributed by atoms with van der Waals surface area (Å²) in [6.07, 6.45) is 7.31. The van der Waals surface area contributed by atoms with E-state index in [-0.39, 0.29) is 5.82 Å². The molecule has 2 fully saturated rings. The van der Waals surface area contributed by atoms with E-state index in [1.165, 1.54) is 57.1 Å². The number of piperidine rings is 1. The summed E-state index contributed by atoms with van der Waals surface area (Å²) in [6.45, 7) is 6.55. The van der Waals surface area contributed by atoms with Gasteiger partial charge in [-0.25, -0.2) is 4.39 Å². The largest absolute Gasteiger partial charge is 0.497 e. The van der Waals surface area contributed by atoms with E-state index < -0.39 is 0 Å². The molecule has 1 aromatic rings. The molecular formula is C20H31FN2OS. The lowest BCUT2D eigenvalue weighted by atomic mass is 9.79. The van der Waals surface area contributed by atoms with Crippen LogP contribution in [-0.2, 0) is 6.54 Å². The van der Waals surface area contributed by atoms with Gasteiger partial charge in [0.1, 0.15) is 11.6 Å². The monoisotopic (exact) mass is 366 g/mol. The molecule has 5 heteroatoms. The van der Waals surface area contributed by atoms with Gasteiger partial charge >= 0.3 is 0 Å². The van der Waals surface area contributed by atoms with Gasteiger partial charge in [0.05, 0.1) is 7.11 Å². The fraction of sp³-hybridized carbons (Fsp3) is 0.700. The molecule has 2 saturated heterocycles. The van der Waals surface area contributed by atoms with Crippen molar-refractivity contribution in [1.82, 2.24) is 9.80 Å². The van der Waals surface area contributed by atoms with Crippen LogP contribution in [0.15, 0.2) is 18.2 Å². The first-order chi connectivity index (χ1) is 12.1. The number of methoxy groups -OCH3 is 1. The normalized spacial score (nSPS) is 24.9. The van der Waals surface area contributed by atoms with Crippen LogP contribution in [0, 0.1) is 11.2 Å². The lowest BCUT2D eigenvalue weighted by Crippen LogP contribution is -2.44. The average molecular weight is 367 g/mol. The summed E-state index contributed by atoms with van der Waals surface area (Å²) < 4.78 is 19.4. The Bertz CT molecular complexity index is 571. The van der Waals surface area contributed by atoms with E-state index in [9.17, 15) is 4.39 Å². The maximum atomic E-state index is 14.2. The number of rotatable bonds is 7. The molecule has 1 unspecified atom stereocenters. The Hall–Kier alpha value is -0.780. The molecule has 1 spiro atoms. The Kier molecular flexibility index (Phi) is 6.64. The lowest BCUT2D eigenvalue weighted by molar-refractivity contribution is 0.0866. The van der Waals surface area contributed by atoms with Crippen LogP contribution in [0.25, 0.3) is 0 Å². The highest BCUT2D eigenvalue weighted by Crippen LogP contribution is 2.39. The zero-order valence-corrected chi connectivity index (χ0v) is 16.4. The fourth-order valence-corrected chi connectivity index (χ4v) is 4.89. The number of nitrogens with zero attached hydrogens (tertiary/aromatic N) is 2. The Morgan fingerprint density at radius 2 is 2.04 bits per heavy atom. The van der Waals surface area contributed by atoms with Crippen molar-refractivity contribution in [2.24, 2.45) is 5.41 Å². The van der Waals surface area contributed by atoms with Gasteiger partial charge in [0.15, 0.2) is 0 Å². The van der Waals surface area contributed by atoms with Crippen molar-refractivity contribution in [1.29, 1.82) is 0 Å². The summed E-state index contributed by atoms with van der Waals surface area (Å²) in [5.41, 5.74) is 1.18. The molecule has 0 radical (unpaired) electrons. The van der Waals surface area contributed by atoms with E-state index in [1.807, 2.05) is 17.8 Å². The summed E-state index contributed by atoms with van der Waals surface area (Å²) in [5.74, 6) is 1.87. The number of likely N-dealkylation sites (tertiary alicyclic amines) is 2. The van der Waals surface area contributed by atoms with Crippen molar-refractivity contribution in [3.05, 3.63) is 29.6 Å². The van der Waals surface area contributed by atoms with Crippen molar-refractivity contribution in [3.63, 3.8) is 0 Å². The lowest BCUT2D eigenvalue weighted by Gasteiger charge is -2.40. The Labute approximate surface area is 155 Å². The zero-order valence-electron chi connectivity index (χ0n) is 15.6. The summed E-state index contributed by atoms with van der Waals surface area (Å²) in [4.78, 5) is 5.10. The van der Waals surface area contributed by atoms with Crippen LogP contribution in [-0.4, -0.2) is 61.6 Å². The minimum atomic E-state index is -0.120. The maximum absolute atomic E-state index is 14.2.